The standard InChI is InChI=1S/C16H32N2O/c1-4-5-6-10-17-16(19)15-8-12-18(13-9-15)11-7-14(2)3/h14-15H,4-13H2,1-3H3,(H,17,19). The van der Waals surface area contributed by atoms with Gasteiger partial charge < -0.3 is 10.2 Å². The summed E-state index contributed by atoms with van der Waals surface area (Å²) in [5.74, 6) is 1.33. The van der Waals surface area contributed by atoms with E-state index in [0.717, 1.165) is 44.8 Å². The van der Waals surface area contributed by atoms with Crippen molar-refractivity contribution in [2.45, 2.75) is 59.3 Å². The maximum Gasteiger partial charge on any atom is 0.223 e. The lowest BCUT2D eigenvalue weighted by Gasteiger charge is -2.31. The van der Waals surface area contributed by atoms with Gasteiger partial charge in [-0.3, -0.25) is 4.79 Å². The zero-order valence-electron chi connectivity index (χ0n) is 13.1. The SMILES string of the molecule is CCCCCNC(=O)C1CCN(CCC(C)C)CC1. The Morgan fingerprint density at radius 1 is 1.26 bits per heavy atom. The van der Waals surface area contributed by atoms with Crippen molar-refractivity contribution in [1.82, 2.24) is 10.2 Å². The Morgan fingerprint density at radius 3 is 2.53 bits per heavy atom. The molecule has 0 aromatic rings. The van der Waals surface area contributed by atoms with E-state index in [-0.39, 0.29) is 5.92 Å². The lowest BCUT2D eigenvalue weighted by Crippen LogP contribution is -2.41. The molecule has 1 saturated heterocycles. The number of piperidine rings is 1. The molecule has 1 amide bonds. The van der Waals surface area contributed by atoms with E-state index in [2.05, 4.69) is 31.0 Å². The fraction of sp³-hybridized carbons (Fsp3) is 0.938. The number of carbonyl (C=O) groups is 1. The molecule has 1 aliphatic heterocycles. The summed E-state index contributed by atoms with van der Waals surface area (Å²) >= 11 is 0. The molecular weight excluding hydrogens is 236 g/mol. The highest BCUT2D eigenvalue weighted by Crippen LogP contribution is 2.18. The number of likely N-dealkylation sites (tertiary alicyclic amines) is 1. The van der Waals surface area contributed by atoms with Crippen LogP contribution in [0.15, 0.2) is 0 Å². The van der Waals surface area contributed by atoms with E-state index in [1.54, 1.807) is 0 Å². The number of nitrogens with zero attached hydrogens (tertiary/aromatic N) is 1. The summed E-state index contributed by atoms with van der Waals surface area (Å²) in [5, 5.41) is 3.09. The molecule has 0 unspecified atom stereocenters. The van der Waals surface area contributed by atoms with Gasteiger partial charge in [-0.1, -0.05) is 33.6 Å². The Bertz CT molecular complexity index is 245. The van der Waals surface area contributed by atoms with Crippen LogP contribution >= 0.6 is 0 Å². The van der Waals surface area contributed by atoms with Crippen molar-refractivity contribution >= 4 is 5.91 Å². The van der Waals surface area contributed by atoms with Gasteiger partial charge in [0.2, 0.25) is 5.91 Å². The number of hydrogen-bond donors (Lipinski definition) is 1. The van der Waals surface area contributed by atoms with E-state index in [1.165, 1.54) is 25.8 Å². The van der Waals surface area contributed by atoms with E-state index < -0.39 is 0 Å². The Labute approximate surface area is 119 Å². The lowest BCUT2D eigenvalue weighted by molar-refractivity contribution is -0.126. The summed E-state index contributed by atoms with van der Waals surface area (Å²) in [7, 11) is 0. The first-order valence-electron chi connectivity index (χ1n) is 8.13. The van der Waals surface area contributed by atoms with E-state index in [1.807, 2.05) is 0 Å². The molecule has 0 bridgehead atoms. The average molecular weight is 268 g/mol. The van der Waals surface area contributed by atoms with E-state index in [0.29, 0.717) is 5.91 Å². The van der Waals surface area contributed by atoms with Gasteiger partial charge in [0.15, 0.2) is 0 Å². The van der Waals surface area contributed by atoms with Crippen LogP contribution in [-0.2, 0) is 4.79 Å². The van der Waals surface area contributed by atoms with E-state index >= 15 is 0 Å². The van der Waals surface area contributed by atoms with Crippen LogP contribution in [0.4, 0.5) is 0 Å². The van der Waals surface area contributed by atoms with Crippen molar-refractivity contribution < 1.29 is 4.79 Å². The lowest BCUT2D eigenvalue weighted by atomic mass is 9.95. The summed E-state index contributed by atoms with van der Waals surface area (Å²) in [5.41, 5.74) is 0. The smallest absolute Gasteiger partial charge is 0.223 e. The topological polar surface area (TPSA) is 32.3 Å². The molecule has 0 saturated carbocycles. The van der Waals surface area contributed by atoms with Crippen LogP contribution < -0.4 is 5.32 Å². The number of unbranched alkanes of at least 4 members (excludes halogenated alkanes) is 2. The molecule has 1 rings (SSSR count). The Morgan fingerprint density at radius 2 is 1.95 bits per heavy atom. The summed E-state index contributed by atoms with van der Waals surface area (Å²) in [6.45, 7) is 11.0. The monoisotopic (exact) mass is 268 g/mol. The predicted octanol–water partition coefficient (Wildman–Crippen LogP) is 3.05. The summed E-state index contributed by atoms with van der Waals surface area (Å²) in [6.07, 6.45) is 6.90. The first-order valence-corrected chi connectivity index (χ1v) is 8.13. The zero-order chi connectivity index (χ0) is 14.1. The predicted molar refractivity (Wildman–Crippen MR) is 81.2 cm³/mol. The van der Waals surface area contributed by atoms with E-state index in [4.69, 9.17) is 0 Å². The van der Waals surface area contributed by atoms with Gasteiger partial charge >= 0.3 is 0 Å². The molecule has 19 heavy (non-hydrogen) atoms. The van der Waals surface area contributed by atoms with Crippen molar-refractivity contribution in [3.05, 3.63) is 0 Å². The Balaban J connectivity index is 2.12. The van der Waals surface area contributed by atoms with Crippen LogP contribution in [0.3, 0.4) is 0 Å². The summed E-state index contributed by atoms with van der Waals surface area (Å²) < 4.78 is 0. The first kappa shape index (κ1) is 16.5. The van der Waals surface area contributed by atoms with Crippen molar-refractivity contribution in [3.8, 4) is 0 Å². The molecule has 3 nitrogen and oxygen atoms in total. The second-order valence-electron chi connectivity index (χ2n) is 6.30. The molecule has 112 valence electrons. The highest BCUT2D eigenvalue weighted by molar-refractivity contribution is 5.78. The fourth-order valence-corrected chi connectivity index (χ4v) is 2.59. The van der Waals surface area contributed by atoms with Crippen LogP contribution in [0.1, 0.15) is 59.3 Å². The van der Waals surface area contributed by atoms with Gasteiger partial charge in [-0.05, 0) is 51.2 Å². The van der Waals surface area contributed by atoms with Gasteiger partial charge in [0.25, 0.3) is 0 Å². The van der Waals surface area contributed by atoms with Crippen molar-refractivity contribution in [3.63, 3.8) is 0 Å². The summed E-state index contributed by atoms with van der Waals surface area (Å²) in [6, 6.07) is 0. The molecule has 1 N–H and O–H groups in total. The number of rotatable bonds is 8. The zero-order valence-corrected chi connectivity index (χ0v) is 13.1. The molecule has 1 aliphatic rings. The summed E-state index contributed by atoms with van der Waals surface area (Å²) in [4.78, 5) is 14.5. The second-order valence-corrected chi connectivity index (χ2v) is 6.30. The van der Waals surface area contributed by atoms with Gasteiger partial charge in [-0.15, -0.1) is 0 Å². The van der Waals surface area contributed by atoms with Gasteiger partial charge in [0, 0.05) is 12.5 Å². The molecule has 1 heterocycles. The first-order chi connectivity index (χ1) is 9.13. The minimum atomic E-state index is 0.261. The highest BCUT2D eigenvalue weighted by Gasteiger charge is 2.24. The van der Waals surface area contributed by atoms with Crippen LogP contribution in [0, 0.1) is 11.8 Å². The van der Waals surface area contributed by atoms with Crippen LogP contribution in [-0.4, -0.2) is 37.0 Å². The van der Waals surface area contributed by atoms with Gasteiger partial charge in [-0.25, -0.2) is 0 Å². The molecule has 0 aromatic heterocycles. The maximum absolute atomic E-state index is 12.0. The third kappa shape index (κ3) is 6.95. The number of nitrogens with one attached hydrogen (secondary N) is 1. The van der Waals surface area contributed by atoms with Crippen LogP contribution in [0.2, 0.25) is 0 Å². The molecule has 1 fully saturated rings. The Hall–Kier alpha value is -0.570. The minimum absolute atomic E-state index is 0.261. The second kappa shape index (κ2) is 9.35. The Kier molecular flexibility index (Phi) is 8.11. The van der Waals surface area contributed by atoms with Crippen LogP contribution in [0.5, 0.6) is 0 Å². The molecule has 0 radical (unpaired) electrons. The highest BCUT2D eigenvalue weighted by atomic mass is 16.1. The molecular formula is C16H32N2O. The average Bonchev–Trinajstić information content (AvgIpc) is 2.41. The minimum Gasteiger partial charge on any atom is -0.356 e. The molecule has 0 aliphatic carbocycles. The fourth-order valence-electron chi connectivity index (χ4n) is 2.59. The molecule has 0 spiro atoms. The molecule has 3 heteroatoms. The molecule has 0 aromatic carbocycles. The number of carbonyl (C=O) groups excluding carboxylic acids is 1. The quantitative estimate of drug-likeness (QED) is 0.686. The van der Waals surface area contributed by atoms with Crippen molar-refractivity contribution in [2.24, 2.45) is 11.8 Å². The van der Waals surface area contributed by atoms with Gasteiger partial charge in [0.05, 0.1) is 0 Å². The van der Waals surface area contributed by atoms with Gasteiger partial charge in [-0.2, -0.15) is 0 Å². The van der Waals surface area contributed by atoms with Crippen molar-refractivity contribution in [2.75, 3.05) is 26.2 Å². The number of hydrogen-bond acceptors (Lipinski definition) is 2. The van der Waals surface area contributed by atoms with Crippen LogP contribution in [0.25, 0.3) is 0 Å². The van der Waals surface area contributed by atoms with E-state index in [9.17, 15) is 4.79 Å². The van der Waals surface area contributed by atoms with Crippen molar-refractivity contribution in [1.29, 1.82) is 0 Å². The normalized spacial score (nSPS) is 17.9. The number of amides is 1. The maximum atomic E-state index is 12.0. The molecule has 0 atom stereocenters. The third-order valence-electron chi connectivity index (χ3n) is 4.06. The largest absolute Gasteiger partial charge is 0.356 e. The third-order valence-corrected chi connectivity index (χ3v) is 4.06. The van der Waals surface area contributed by atoms with Gasteiger partial charge in [0.1, 0.15) is 0 Å².